The van der Waals surface area contributed by atoms with E-state index in [4.69, 9.17) is 4.42 Å². The molecule has 1 unspecified atom stereocenters. The minimum Gasteiger partial charge on any atom is -0.465 e. The SMILES string of the molecule is Cc1ccc(CN(C)CC(C#N)c2ccccc2)o1. The van der Waals surface area contributed by atoms with Crippen LogP contribution in [0, 0.1) is 18.3 Å². The molecule has 1 aromatic carbocycles. The smallest absolute Gasteiger partial charge is 0.118 e. The van der Waals surface area contributed by atoms with Gasteiger partial charge in [0.25, 0.3) is 0 Å². The Labute approximate surface area is 114 Å². The van der Waals surface area contributed by atoms with E-state index in [-0.39, 0.29) is 5.92 Å². The number of likely N-dealkylation sites (N-methyl/N-ethyl adjacent to an activating group) is 1. The number of benzene rings is 1. The standard InChI is InChI=1S/C16H18N2O/c1-13-8-9-16(19-13)12-18(2)11-15(10-17)14-6-4-3-5-7-14/h3-9,15H,11-12H2,1-2H3. The summed E-state index contributed by atoms with van der Waals surface area (Å²) in [5.41, 5.74) is 1.06. The third-order valence-electron chi connectivity index (χ3n) is 3.07. The van der Waals surface area contributed by atoms with Gasteiger partial charge in [-0.1, -0.05) is 30.3 Å². The zero-order valence-electron chi connectivity index (χ0n) is 11.3. The van der Waals surface area contributed by atoms with E-state index in [0.29, 0.717) is 6.54 Å². The Morgan fingerprint density at radius 2 is 1.95 bits per heavy atom. The van der Waals surface area contributed by atoms with Gasteiger partial charge < -0.3 is 4.42 Å². The topological polar surface area (TPSA) is 40.2 Å². The van der Waals surface area contributed by atoms with Gasteiger partial charge in [-0.05, 0) is 31.7 Å². The molecular weight excluding hydrogens is 236 g/mol. The van der Waals surface area contributed by atoms with Gasteiger partial charge in [0, 0.05) is 6.54 Å². The lowest BCUT2D eigenvalue weighted by molar-refractivity contribution is 0.287. The minimum absolute atomic E-state index is 0.109. The summed E-state index contributed by atoms with van der Waals surface area (Å²) in [6.07, 6.45) is 0. The number of aryl methyl sites for hydroxylation is 1. The third-order valence-corrected chi connectivity index (χ3v) is 3.07. The number of furan rings is 1. The number of hydrogen-bond donors (Lipinski definition) is 0. The van der Waals surface area contributed by atoms with E-state index in [9.17, 15) is 5.26 Å². The highest BCUT2D eigenvalue weighted by Crippen LogP contribution is 2.17. The van der Waals surface area contributed by atoms with Gasteiger partial charge in [0.05, 0.1) is 18.5 Å². The van der Waals surface area contributed by atoms with E-state index in [0.717, 1.165) is 23.6 Å². The molecule has 98 valence electrons. The number of nitriles is 1. The molecule has 1 aromatic heterocycles. The molecule has 0 spiro atoms. The Kier molecular flexibility index (Phi) is 4.38. The van der Waals surface area contributed by atoms with E-state index < -0.39 is 0 Å². The molecule has 0 aliphatic rings. The van der Waals surface area contributed by atoms with Crippen molar-refractivity contribution in [2.24, 2.45) is 0 Å². The van der Waals surface area contributed by atoms with Crippen LogP contribution in [0.25, 0.3) is 0 Å². The molecule has 1 atom stereocenters. The van der Waals surface area contributed by atoms with Gasteiger partial charge in [-0.25, -0.2) is 0 Å². The summed E-state index contributed by atoms with van der Waals surface area (Å²) in [7, 11) is 2.01. The van der Waals surface area contributed by atoms with Crippen molar-refractivity contribution >= 4 is 0 Å². The second-order valence-electron chi connectivity index (χ2n) is 4.80. The summed E-state index contributed by atoms with van der Waals surface area (Å²) in [4.78, 5) is 2.11. The molecule has 2 rings (SSSR count). The van der Waals surface area contributed by atoms with Crippen LogP contribution in [0.15, 0.2) is 46.9 Å². The monoisotopic (exact) mass is 254 g/mol. The van der Waals surface area contributed by atoms with Crippen LogP contribution in [0.4, 0.5) is 0 Å². The van der Waals surface area contributed by atoms with Crippen LogP contribution in [-0.4, -0.2) is 18.5 Å². The van der Waals surface area contributed by atoms with Gasteiger partial charge >= 0.3 is 0 Å². The van der Waals surface area contributed by atoms with E-state index >= 15 is 0 Å². The fourth-order valence-electron chi connectivity index (χ4n) is 2.12. The molecule has 0 aliphatic carbocycles. The van der Waals surface area contributed by atoms with Crippen molar-refractivity contribution in [3.8, 4) is 6.07 Å². The van der Waals surface area contributed by atoms with E-state index in [2.05, 4.69) is 11.0 Å². The molecule has 3 nitrogen and oxygen atoms in total. The zero-order chi connectivity index (χ0) is 13.7. The largest absolute Gasteiger partial charge is 0.465 e. The lowest BCUT2D eigenvalue weighted by atomic mass is 10.0. The second-order valence-corrected chi connectivity index (χ2v) is 4.80. The van der Waals surface area contributed by atoms with Crippen LogP contribution in [0.1, 0.15) is 23.0 Å². The maximum Gasteiger partial charge on any atom is 0.118 e. The Bertz CT molecular complexity index is 554. The summed E-state index contributed by atoms with van der Waals surface area (Å²) in [6.45, 7) is 3.35. The van der Waals surface area contributed by atoms with Crippen molar-refractivity contribution in [1.29, 1.82) is 5.26 Å². The summed E-state index contributed by atoms with van der Waals surface area (Å²) in [5.74, 6) is 1.75. The van der Waals surface area contributed by atoms with Crippen LogP contribution >= 0.6 is 0 Å². The zero-order valence-corrected chi connectivity index (χ0v) is 11.3. The number of hydrogen-bond acceptors (Lipinski definition) is 3. The third kappa shape index (κ3) is 3.70. The predicted molar refractivity (Wildman–Crippen MR) is 74.6 cm³/mol. The normalized spacial score (nSPS) is 12.3. The van der Waals surface area contributed by atoms with Crippen molar-refractivity contribution in [2.75, 3.05) is 13.6 Å². The van der Waals surface area contributed by atoms with Gasteiger partial charge in [-0.2, -0.15) is 5.26 Å². The van der Waals surface area contributed by atoms with E-state index in [1.54, 1.807) is 0 Å². The molecule has 19 heavy (non-hydrogen) atoms. The molecule has 3 heteroatoms. The molecule has 0 fully saturated rings. The molecule has 1 heterocycles. The molecule has 0 saturated carbocycles. The number of nitrogens with zero attached hydrogens (tertiary/aromatic N) is 2. The van der Waals surface area contributed by atoms with Crippen LogP contribution in [0.2, 0.25) is 0 Å². The highest BCUT2D eigenvalue weighted by molar-refractivity contribution is 5.25. The lowest BCUT2D eigenvalue weighted by Gasteiger charge is -2.18. The van der Waals surface area contributed by atoms with Crippen molar-refractivity contribution in [3.63, 3.8) is 0 Å². The van der Waals surface area contributed by atoms with Crippen LogP contribution < -0.4 is 0 Å². The predicted octanol–water partition coefficient (Wildman–Crippen LogP) is 3.33. The Morgan fingerprint density at radius 3 is 2.53 bits per heavy atom. The molecule has 0 amide bonds. The van der Waals surface area contributed by atoms with Crippen LogP contribution in [0.5, 0.6) is 0 Å². The second kappa shape index (κ2) is 6.21. The molecule has 0 bridgehead atoms. The first-order valence-electron chi connectivity index (χ1n) is 6.37. The Balaban J connectivity index is 1.97. The van der Waals surface area contributed by atoms with Crippen molar-refractivity contribution < 1.29 is 4.42 Å². The van der Waals surface area contributed by atoms with Crippen molar-refractivity contribution in [2.45, 2.75) is 19.4 Å². The summed E-state index contributed by atoms with van der Waals surface area (Å²) >= 11 is 0. The molecule has 0 radical (unpaired) electrons. The molecule has 0 aliphatic heterocycles. The summed E-state index contributed by atoms with van der Waals surface area (Å²) < 4.78 is 5.55. The highest BCUT2D eigenvalue weighted by Gasteiger charge is 2.14. The van der Waals surface area contributed by atoms with Gasteiger partial charge in [0.1, 0.15) is 11.5 Å². The number of rotatable bonds is 5. The quantitative estimate of drug-likeness (QED) is 0.821. The van der Waals surface area contributed by atoms with E-state index in [1.807, 2.05) is 56.4 Å². The van der Waals surface area contributed by atoms with Gasteiger partial charge in [0.2, 0.25) is 0 Å². The summed E-state index contributed by atoms with van der Waals surface area (Å²) in [5, 5.41) is 9.30. The molecule has 2 aromatic rings. The van der Waals surface area contributed by atoms with Crippen LogP contribution in [-0.2, 0) is 6.54 Å². The summed E-state index contributed by atoms with van der Waals surface area (Å²) in [6, 6.07) is 16.2. The molecular formula is C16H18N2O. The van der Waals surface area contributed by atoms with E-state index in [1.165, 1.54) is 0 Å². The average molecular weight is 254 g/mol. The first-order chi connectivity index (χ1) is 9.19. The van der Waals surface area contributed by atoms with Gasteiger partial charge in [0.15, 0.2) is 0 Å². The van der Waals surface area contributed by atoms with Gasteiger partial charge in [-0.3, -0.25) is 4.90 Å². The maximum absolute atomic E-state index is 9.30. The first-order valence-corrected chi connectivity index (χ1v) is 6.37. The lowest BCUT2D eigenvalue weighted by Crippen LogP contribution is -2.23. The van der Waals surface area contributed by atoms with Crippen LogP contribution in [0.3, 0.4) is 0 Å². The van der Waals surface area contributed by atoms with Gasteiger partial charge in [-0.15, -0.1) is 0 Å². The average Bonchev–Trinajstić information content (AvgIpc) is 2.82. The fourth-order valence-corrected chi connectivity index (χ4v) is 2.12. The highest BCUT2D eigenvalue weighted by atomic mass is 16.3. The maximum atomic E-state index is 9.30. The van der Waals surface area contributed by atoms with Crippen molar-refractivity contribution in [3.05, 3.63) is 59.5 Å². The Hall–Kier alpha value is -2.05. The Morgan fingerprint density at radius 1 is 1.21 bits per heavy atom. The van der Waals surface area contributed by atoms with Crippen molar-refractivity contribution in [1.82, 2.24) is 4.90 Å². The minimum atomic E-state index is -0.109. The fraction of sp³-hybridized carbons (Fsp3) is 0.312. The molecule has 0 saturated heterocycles. The molecule has 0 N–H and O–H groups in total. The first kappa shape index (κ1) is 13.4.